The zero-order valence-electron chi connectivity index (χ0n) is 8.95. The summed E-state index contributed by atoms with van der Waals surface area (Å²) in [5.41, 5.74) is 0. The molecule has 1 aliphatic carbocycles. The normalized spacial score (nSPS) is 35.9. The number of hydrogen-bond acceptors (Lipinski definition) is 3. The molecule has 86 valence electrons. The smallest absolute Gasteiger partial charge is 0.306 e. The van der Waals surface area contributed by atoms with Gasteiger partial charge in [-0.2, -0.15) is 0 Å². The number of hydrogen-bond donors (Lipinski definition) is 2. The Bertz CT molecular complexity index is 226. The molecule has 3 unspecified atom stereocenters. The van der Waals surface area contributed by atoms with Crippen LogP contribution in [0.3, 0.4) is 0 Å². The van der Waals surface area contributed by atoms with Gasteiger partial charge in [0.15, 0.2) is 0 Å². The molecule has 1 aliphatic heterocycles. The van der Waals surface area contributed by atoms with E-state index in [1.807, 2.05) is 0 Å². The zero-order valence-corrected chi connectivity index (χ0v) is 8.95. The van der Waals surface area contributed by atoms with Gasteiger partial charge in [-0.15, -0.1) is 0 Å². The van der Waals surface area contributed by atoms with Crippen LogP contribution in [0.5, 0.6) is 0 Å². The third-order valence-electron chi connectivity index (χ3n) is 3.52. The summed E-state index contributed by atoms with van der Waals surface area (Å²) in [5.74, 6) is -0.176. The molecule has 2 rings (SSSR count). The highest BCUT2D eigenvalue weighted by atomic mass is 16.5. The zero-order chi connectivity index (χ0) is 10.7. The first kappa shape index (κ1) is 10.9. The molecule has 15 heavy (non-hydrogen) atoms. The van der Waals surface area contributed by atoms with Crippen molar-refractivity contribution >= 4 is 5.97 Å². The van der Waals surface area contributed by atoms with Gasteiger partial charge in [0.1, 0.15) is 0 Å². The summed E-state index contributed by atoms with van der Waals surface area (Å²) in [6.07, 6.45) is 3.84. The van der Waals surface area contributed by atoms with Crippen molar-refractivity contribution in [3.05, 3.63) is 0 Å². The molecule has 2 aliphatic rings. The van der Waals surface area contributed by atoms with Gasteiger partial charge >= 0.3 is 5.97 Å². The van der Waals surface area contributed by atoms with E-state index in [0.717, 1.165) is 45.4 Å². The second kappa shape index (κ2) is 4.94. The predicted molar refractivity (Wildman–Crippen MR) is 55.7 cm³/mol. The first-order valence-corrected chi connectivity index (χ1v) is 5.79. The minimum Gasteiger partial charge on any atom is -0.481 e. The maximum absolute atomic E-state index is 10.8. The van der Waals surface area contributed by atoms with Crippen molar-refractivity contribution in [3.63, 3.8) is 0 Å². The first-order valence-electron chi connectivity index (χ1n) is 5.79. The highest BCUT2D eigenvalue weighted by Gasteiger charge is 2.29. The van der Waals surface area contributed by atoms with Crippen LogP contribution in [0.25, 0.3) is 0 Å². The third kappa shape index (κ3) is 2.92. The summed E-state index contributed by atoms with van der Waals surface area (Å²) in [4.78, 5) is 10.8. The summed E-state index contributed by atoms with van der Waals surface area (Å²) in [6, 6.07) is 0.494. The van der Waals surface area contributed by atoms with E-state index in [1.54, 1.807) is 0 Å². The Morgan fingerprint density at radius 2 is 2.27 bits per heavy atom. The Kier molecular flexibility index (Phi) is 3.59. The van der Waals surface area contributed by atoms with Gasteiger partial charge in [-0.05, 0) is 38.1 Å². The van der Waals surface area contributed by atoms with E-state index in [1.165, 1.54) is 0 Å². The Balaban J connectivity index is 1.66. The highest BCUT2D eigenvalue weighted by molar-refractivity contribution is 5.70. The molecule has 0 radical (unpaired) electrons. The summed E-state index contributed by atoms with van der Waals surface area (Å²) >= 11 is 0. The Labute approximate surface area is 90.0 Å². The van der Waals surface area contributed by atoms with E-state index in [9.17, 15) is 4.79 Å². The van der Waals surface area contributed by atoms with Crippen molar-refractivity contribution in [3.8, 4) is 0 Å². The lowest BCUT2D eigenvalue weighted by Crippen LogP contribution is -2.33. The van der Waals surface area contributed by atoms with Crippen LogP contribution in [0.15, 0.2) is 0 Å². The topological polar surface area (TPSA) is 58.6 Å². The molecular weight excluding hydrogens is 194 g/mol. The predicted octanol–water partition coefficient (Wildman–Crippen LogP) is 0.866. The van der Waals surface area contributed by atoms with E-state index in [4.69, 9.17) is 9.84 Å². The fourth-order valence-electron chi connectivity index (χ4n) is 2.51. The molecule has 0 aromatic carbocycles. The van der Waals surface area contributed by atoms with Gasteiger partial charge in [-0.25, -0.2) is 0 Å². The lowest BCUT2D eigenvalue weighted by atomic mass is 10.0. The molecule has 1 saturated heterocycles. The number of aliphatic carboxylic acids is 1. The number of carboxylic acids is 1. The van der Waals surface area contributed by atoms with Crippen molar-refractivity contribution in [1.82, 2.24) is 5.32 Å². The third-order valence-corrected chi connectivity index (χ3v) is 3.52. The molecule has 1 saturated carbocycles. The summed E-state index contributed by atoms with van der Waals surface area (Å²) in [5, 5.41) is 12.3. The Morgan fingerprint density at radius 1 is 1.40 bits per heavy atom. The monoisotopic (exact) mass is 213 g/mol. The molecule has 4 heteroatoms. The molecule has 0 amide bonds. The minimum absolute atomic E-state index is 0.100. The second-order valence-corrected chi connectivity index (χ2v) is 4.68. The van der Waals surface area contributed by atoms with Crippen molar-refractivity contribution in [2.45, 2.75) is 31.7 Å². The van der Waals surface area contributed by atoms with Gasteiger partial charge in [-0.1, -0.05) is 0 Å². The number of carboxylic acid groups (broad SMARTS) is 1. The molecule has 0 spiro atoms. The maximum Gasteiger partial charge on any atom is 0.306 e. The van der Waals surface area contributed by atoms with Crippen LogP contribution in [0.1, 0.15) is 25.7 Å². The fourth-order valence-corrected chi connectivity index (χ4v) is 2.51. The summed E-state index contributed by atoms with van der Waals surface area (Å²) in [6.45, 7) is 2.63. The number of nitrogens with one attached hydrogen (secondary N) is 1. The molecule has 2 N–H and O–H groups in total. The van der Waals surface area contributed by atoms with Crippen LogP contribution in [0, 0.1) is 11.8 Å². The van der Waals surface area contributed by atoms with E-state index in [2.05, 4.69) is 5.32 Å². The van der Waals surface area contributed by atoms with Gasteiger partial charge in [0.25, 0.3) is 0 Å². The van der Waals surface area contributed by atoms with Gasteiger partial charge < -0.3 is 15.2 Å². The largest absolute Gasteiger partial charge is 0.481 e. The molecular formula is C11H19NO3. The molecule has 3 atom stereocenters. The quantitative estimate of drug-likeness (QED) is 0.727. The summed E-state index contributed by atoms with van der Waals surface area (Å²) < 4.78 is 5.28. The van der Waals surface area contributed by atoms with E-state index >= 15 is 0 Å². The second-order valence-electron chi connectivity index (χ2n) is 4.68. The van der Waals surface area contributed by atoms with Crippen molar-refractivity contribution in [1.29, 1.82) is 0 Å². The van der Waals surface area contributed by atoms with E-state index in [0.29, 0.717) is 12.0 Å². The van der Waals surface area contributed by atoms with Crippen LogP contribution >= 0.6 is 0 Å². The maximum atomic E-state index is 10.8. The summed E-state index contributed by atoms with van der Waals surface area (Å²) in [7, 11) is 0. The lowest BCUT2D eigenvalue weighted by Gasteiger charge is -2.14. The molecule has 2 fully saturated rings. The lowest BCUT2D eigenvalue weighted by molar-refractivity contribution is -0.141. The van der Waals surface area contributed by atoms with Crippen LogP contribution in [0.2, 0.25) is 0 Å². The molecule has 4 nitrogen and oxygen atoms in total. The molecule has 1 heterocycles. The fraction of sp³-hybridized carbons (Fsp3) is 0.909. The van der Waals surface area contributed by atoms with Crippen molar-refractivity contribution in [2.24, 2.45) is 11.8 Å². The van der Waals surface area contributed by atoms with E-state index < -0.39 is 5.97 Å². The van der Waals surface area contributed by atoms with Gasteiger partial charge in [0.2, 0.25) is 0 Å². The van der Waals surface area contributed by atoms with E-state index in [-0.39, 0.29) is 5.92 Å². The highest BCUT2D eigenvalue weighted by Crippen LogP contribution is 2.30. The molecule has 0 aromatic rings. The number of rotatable bonds is 4. The number of carbonyl (C=O) groups is 1. The number of ether oxygens (including phenoxy) is 1. The van der Waals surface area contributed by atoms with Crippen molar-refractivity contribution in [2.75, 3.05) is 19.8 Å². The van der Waals surface area contributed by atoms with Crippen LogP contribution in [0.4, 0.5) is 0 Å². The Hall–Kier alpha value is -0.610. The average Bonchev–Trinajstić information content (AvgIpc) is 2.86. The van der Waals surface area contributed by atoms with Gasteiger partial charge in [-0.3, -0.25) is 4.79 Å². The molecule has 0 bridgehead atoms. The van der Waals surface area contributed by atoms with Crippen LogP contribution < -0.4 is 5.32 Å². The van der Waals surface area contributed by atoms with Crippen LogP contribution in [-0.4, -0.2) is 36.9 Å². The van der Waals surface area contributed by atoms with Gasteiger partial charge in [0, 0.05) is 12.6 Å². The standard InChI is InChI=1S/C11H19NO3/c13-11(14)9-2-1-8(5-9)6-12-10-3-4-15-7-10/h8-10,12H,1-7H2,(H,13,14). The minimum atomic E-state index is -0.623. The first-order chi connectivity index (χ1) is 7.25. The average molecular weight is 213 g/mol. The Morgan fingerprint density at radius 3 is 2.87 bits per heavy atom. The SMILES string of the molecule is O=C(O)C1CCC(CNC2CCOC2)C1. The van der Waals surface area contributed by atoms with Gasteiger partial charge in [0.05, 0.1) is 12.5 Å². The molecule has 0 aromatic heterocycles. The van der Waals surface area contributed by atoms with Crippen LogP contribution in [-0.2, 0) is 9.53 Å². The van der Waals surface area contributed by atoms with Crippen molar-refractivity contribution < 1.29 is 14.6 Å².